The normalized spacial score (nSPS) is 13.6. The van der Waals surface area contributed by atoms with Gasteiger partial charge in [0.25, 0.3) is 0 Å². The fourth-order valence-corrected chi connectivity index (χ4v) is 4.25. The Morgan fingerprint density at radius 3 is 2.03 bits per heavy atom. The number of hydrogen-bond acceptors (Lipinski definition) is 4. The largest absolute Gasteiger partial charge is 0.480 e. The monoisotopic (exact) mass is 438 g/mol. The first-order valence-electron chi connectivity index (χ1n) is 10.9. The molecule has 0 radical (unpaired) electrons. The number of carbonyl (C=O) groups is 3. The number of hydrogen-bond donors (Lipinski definition) is 2. The molecule has 7 nitrogen and oxygen atoms in total. The van der Waals surface area contributed by atoms with Crippen molar-refractivity contribution in [3.8, 4) is 11.1 Å². The number of benzene rings is 2. The summed E-state index contributed by atoms with van der Waals surface area (Å²) >= 11 is 0. The van der Waals surface area contributed by atoms with Crippen molar-refractivity contribution >= 4 is 18.0 Å². The van der Waals surface area contributed by atoms with Gasteiger partial charge in [0.15, 0.2) is 0 Å². The first-order valence-corrected chi connectivity index (χ1v) is 10.9. The molecule has 0 saturated carbocycles. The molecule has 1 aliphatic rings. The van der Waals surface area contributed by atoms with E-state index in [0.717, 1.165) is 22.3 Å². The summed E-state index contributed by atoms with van der Waals surface area (Å²) in [5.41, 5.74) is 3.08. The summed E-state index contributed by atoms with van der Waals surface area (Å²) in [4.78, 5) is 38.4. The average molecular weight is 439 g/mol. The third-order valence-electron chi connectivity index (χ3n) is 6.12. The van der Waals surface area contributed by atoms with E-state index in [4.69, 9.17) is 4.74 Å². The lowest BCUT2D eigenvalue weighted by Crippen LogP contribution is -2.58. The number of aliphatic carboxylic acids is 1. The molecule has 2 N–H and O–H groups in total. The minimum Gasteiger partial charge on any atom is -0.480 e. The van der Waals surface area contributed by atoms with E-state index in [9.17, 15) is 19.5 Å². The Labute approximate surface area is 188 Å². The summed E-state index contributed by atoms with van der Waals surface area (Å²) in [6, 6.07) is 15.2. The average Bonchev–Trinajstić information content (AvgIpc) is 3.10. The molecule has 2 aromatic carbocycles. The summed E-state index contributed by atoms with van der Waals surface area (Å²) in [6.07, 6.45) is -0.383. The molecule has 0 aliphatic heterocycles. The van der Waals surface area contributed by atoms with Gasteiger partial charge in [-0.2, -0.15) is 0 Å². The lowest BCUT2D eigenvalue weighted by Gasteiger charge is -2.36. The van der Waals surface area contributed by atoms with Gasteiger partial charge < -0.3 is 20.1 Å². The van der Waals surface area contributed by atoms with E-state index in [-0.39, 0.29) is 19.1 Å². The minimum atomic E-state index is -1.39. The van der Waals surface area contributed by atoms with Crippen LogP contribution in [0.2, 0.25) is 0 Å². The second kappa shape index (κ2) is 9.42. The van der Waals surface area contributed by atoms with E-state index in [1.54, 1.807) is 13.8 Å². The van der Waals surface area contributed by atoms with Crippen molar-refractivity contribution in [2.45, 2.75) is 51.6 Å². The van der Waals surface area contributed by atoms with E-state index in [2.05, 4.69) is 17.4 Å². The standard InChI is InChI=1S/C25H30N2O5/c1-5-21(22(28)27(6-2)25(3,4)23(29)30)26-24(31)32-15-20-18-13-9-7-11-16(18)17-12-8-10-14-19(17)20/h7-14,20-21H,5-6,15H2,1-4H3,(H,26,31)(H,29,30). The van der Waals surface area contributed by atoms with Crippen LogP contribution >= 0.6 is 0 Å². The molecule has 0 saturated heterocycles. The Balaban J connectivity index is 1.69. The highest BCUT2D eigenvalue weighted by molar-refractivity contribution is 5.91. The minimum absolute atomic E-state index is 0.0815. The Morgan fingerprint density at radius 1 is 1.03 bits per heavy atom. The molecule has 3 rings (SSSR count). The van der Waals surface area contributed by atoms with E-state index < -0.39 is 29.6 Å². The van der Waals surface area contributed by atoms with Gasteiger partial charge in [-0.05, 0) is 49.4 Å². The van der Waals surface area contributed by atoms with Crippen molar-refractivity contribution in [3.05, 3.63) is 59.7 Å². The van der Waals surface area contributed by atoms with Crippen LogP contribution < -0.4 is 5.32 Å². The smallest absolute Gasteiger partial charge is 0.407 e. The highest BCUT2D eigenvalue weighted by atomic mass is 16.5. The summed E-state index contributed by atoms with van der Waals surface area (Å²) in [6.45, 7) is 6.76. The molecule has 0 fully saturated rings. The zero-order chi connectivity index (χ0) is 23.5. The number of alkyl carbamates (subject to hydrolysis) is 1. The van der Waals surface area contributed by atoms with Crippen molar-refractivity contribution < 1.29 is 24.2 Å². The number of nitrogens with zero attached hydrogens (tertiary/aromatic N) is 1. The van der Waals surface area contributed by atoms with Gasteiger partial charge in [0.2, 0.25) is 5.91 Å². The van der Waals surface area contributed by atoms with Crippen molar-refractivity contribution in [2.75, 3.05) is 13.2 Å². The number of ether oxygens (including phenoxy) is 1. The molecule has 0 bridgehead atoms. The third-order valence-corrected chi connectivity index (χ3v) is 6.12. The fourth-order valence-electron chi connectivity index (χ4n) is 4.25. The van der Waals surface area contributed by atoms with Gasteiger partial charge in [0.05, 0.1) is 0 Å². The number of carboxylic acid groups (broad SMARTS) is 1. The van der Waals surface area contributed by atoms with Crippen LogP contribution in [0.3, 0.4) is 0 Å². The van der Waals surface area contributed by atoms with Gasteiger partial charge in [-0.1, -0.05) is 55.5 Å². The van der Waals surface area contributed by atoms with E-state index >= 15 is 0 Å². The van der Waals surface area contributed by atoms with Gasteiger partial charge in [-0.15, -0.1) is 0 Å². The predicted octanol–water partition coefficient (Wildman–Crippen LogP) is 4.02. The second-order valence-corrected chi connectivity index (χ2v) is 8.38. The van der Waals surface area contributed by atoms with Crippen LogP contribution in [0.15, 0.2) is 48.5 Å². The maximum atomic E-state index is 13.0. The molecule has 2 aromatic rings. The maximum absolute atomic E-state index is 13.0. The van der Waals surface area contributed by atoms with E-state index in [1.807, 2.05) is 36.4 Å². The molecule has 0 heterocycles. The van der Waals surface area contributed by atoms with Crippen LogP contribution in [-0.4, -0.2) is 52.7 Å². The summed E-state index contributed by atoms with van der Waals surface area (Å²) in [7, 11) is 0. The first-order chi connectivity index (χ1) is 15.2. The molecular formula is C25H30N2O5. The SMILES string of the molecule is CCC(NC(=O)OCC1c2ccccc2-c2ccccc21)C(=O)N(CC)C(C)(C)C(=O)O. The molecule has 1 aliphatic carbocycles. The van der Waals surface area contributed by atoms with Crippen LogP contribution in [0.5, 0.6) is 0 Å². The second-order valence-electron chi connectivity index (χ2n) is 8.38. The number of amides is 2. The van der Waals surface area contributed by atoms with Crippen LogP contribution in [0.1, 0.15) is 51.2 Å². The van der Waals surface area contributed by atoms with Gasteiger partial charge >= 0.3 is 12.1 Å². The Morgan fingerprint density at radius 2 is 1.56 bits per heavy atom. The van der Waals surface area contributed by atoms with Crippen molar-refractivity contribution in [1.29, 1.82) is 0 Å². The summed E-state index contributed by atoms with van der Waals surface area (Å²) in [5, 5.41) is 12.1. The molecular weight excluding hydrogens is 408 g/mol. The zero-order valence-electron chi connectivity index (χ0n) is 18.9. The fraction of sp³-hybridized carbons (Fsp3) is 0.400. The van der Waals surface area contributed by atoms with Gasteiger partial charge in [-0.25, -0.2) is 9.59 Å². The summed E-state index contributed by atoms with van der Waals surface area (Å²) < 4.78 is 5.53. The van der Waals surface area contributed by atoms with Crippen LogP contribution in [0, 0.1) is 0 Å². The number of fused-ring (bicyclic) bond motifs is 3. The lowest BCUT2D eigenvalue weighted by molar-refractivity contribution is -0.157. The molecule has 32 heavy (non-hydrogen) atoms. The van der Waals surface area contributed by atoms with Gasteiger partial charge in [0.1, 0.15) is 18.2 Å². The number of likely N-dealkylation sites (N-methyl/N-ethyl adjacent to an activating group) is 1. The summed E-state index contributed by atoms with van der Waals surface area (Å²) in [5.74, 6) is -1.64. The third kappa shape index (κ3) is 4.33. The molecule has 1 unspecified atom stereocenters. The van der Waals surface area contributed by atoms with Crippen molar-refractivity contribution in [1.82, 2.24) is 10.2 Å². The molecule has 1 atom stereocenters. The maximum Gasteiger partial charge on any atom is 0.407 e. The number of nitrogens with one attached hydrogen (secondary N) is 1. The van der Waals surface area contributed by atoms with E-state index in [0.29, 0.717) is 6.42 Å². The number of carboxylic acids is 1. The van der Waals surface area contributed by atoms with E-state index in [1.165, 1.54) is 18.7 Å². The van der Waals surface area contributed by atoms with Gasteiger partial charge in [0, 0.05) is 12.5 Å². The van der Waals surface area contributed by atoms with Crippen LogP contribution in [0.4, 0.5) is 4.79 Å². The molecule has 2 amide bonds. The zero-order valence-corrected chi connectivity index (χ0v) is 18.9. The molecule has 7 heteroatoms. The Bertz CT molecular complexity index is 971. The number of carbonyl (C=O) groups excluding carboxylic acids is 2. The first kappa shape index (κ1) is 23.3. The van der Waals surface area contributed by atoms with Gasteiger partial charge in [-0.3, -0.25) is 4.79 Å². The quantitative estimate of drug-likeness (QED) is 0.649. The highest BCUT2D eigenvalue weighted by Crippen LogP contribution is 2.44. The van der Waals surface area contributed by atoms with Crippen molar-refractivity contribution in [3.63, 3.8) is 0 Å². The molecule has 0 spiro atoms. The Kier molecular flexibility index (Phi) is 6.87. The van der Waals surface area contributed by atoms with Crippen LogP contribution in [-0.2, 0) is 14.3 Å². The molecule has 0 aromatic heterocycles. The lowest BCUT2D eigenvalue weighted by atomic mass is 9.98. The van der Waals surface area contributed by atoms with Crippen LogP contribution in [0.25, 0.3) is 11.1 Å². The Hall–Kier alpha value is -3.35. The number of rotatable bonds is 8. The van der Waals surface area contributed by atoms with Crippen molar-refractivity contribution in [2.24, 2.45) is 0 Å². The topological polar surface area (TPSA) is 95.9 Å². The molecule has 170 valence electrons. The highest BCUT2D eigenvalue weighted by Gasteiger charge is 2.39. The predicted molar refractivity (Wildman–Crippen MR) is 121 cm³/mol.